The van der Waals surface area contributed by atoms with Gasteiger partial charge in [-0.2, -0.15) is 15.2 Å². The second kappa shape index (κ2) is 6.93. The highest BCUT2D eigenvalue weighted by Gasteiger charge is 2.23. The van der Waals surface area contributed by atoms with E-state index in [0.29, 0.717) is 23.7 Å². The number of anilines is 2. The van der Waals surface area contributed by atoms with Gasteiger partial charge in [0.25, 0.3) is 0 Å². The molecule has 0 saturated carbocycles. The smallest absolute Gasteiger partial charge is 0.330 e. The summed E-state index contributed by atoms with van der Waals surface area (Å²) in [7, 11) is 1.75. The van der Waals surface area contributed by atoms with Crippen molar-refractivity contribution >= 4 is 33.7 Å². The minimum Gasteiger partial charge on any atom is -0.379 e. The van der Waals surface area contributed by atoms with Crippen molar-refractivity contribution in [1.29, 1.82) is 0 Å². The Kier molecular flexibility index (Phi) is 4.24. The predicted octanol–water partition coefficient (Wildman–Crippen LogP) is 2.48. The number of rotatable bonds is 3. The average molecular weight is 391 g/mol. The number of aryl methyl sites for hydroxylation is 2. The molecule has 1 N–H and O–H groups in total. The number of fused-ring (bicyclic) bond motifs is 2. The molecule has 1 fully saturated rings. The summed E-state index contributed by atoms with van der Waals surface area (Å²) in [5.41, 5.74) is 3.96. The third-order valence-corrected chi connectivity index (χ3v) is 5.44. The molecule has 0 bridgehead atoms. The number of nitrogens with zero attached hydrogens (tertiary/aromatic N) is 6. The van der Waals surface area contributed by atoms with Crippen LogP contribution in [0.1, 0.15) is 24.4 Å². The molecule has 9 heteroatoms. The standard InChI is InChI=1S/C20H21N7O2/c1-12-8-16-13(5-6-22-25-16)9-15(12)23-19-21-10-17-18(24-19)27(20(28)26(17)2)14-4-3-7-29-11-14/h5-6,8-10,14H,3-4,7,11H2,1-2H3,(H,21,23,24)/t14-/m0/s1. The second-order valence-corrected chi connectivity index (χ2v) is 7.37. The molecule has 4 aromatic rings. The summed E-state index contributed by atoms with van der Waals surface area (Å²) in [4.78, 5) is 21.9. The van der Waals surface area contributed by atoms with Crippen molar-refractivity contribution in [3.05, 3.63) is 46.6 Å². The topological polar surface area (TPSA) is 99.8 Å². The van der Waals surface area contributed by atoms with Gasteiger partial charge in [-0.3, -0.25) is 9.13 Å². The minimum atomic E-state index is -0.0950. The number of hydrogen-bond donors (Lipinski definition) is 1. The Balaban J connectivity index is 1.58. The van der Waals surface area contributed by atoms with Gasteiger partial charge in [0.05, 0.1) is 30.6 Å². The van der Waals surface area contributed by atoms with Crippen LogP contribution in [0.2, 0.25) is 0 Å². The van der Waals surface area contributed by atoms with Gasteiger partial charge in [-0.05, 0) is 43.5 Å². The highest BCUT2D eigenvalue weighted by molar-refractivity contribution is 5.84. The van der Waals surface area contributed by atoms with Crippen LogP contribution >= 0.6 is 0 Å². The van der Waals surface area contributed by atoms with Gasteiger partial charge in [-0.25, -0.2) is 9.78 Å². The Morgan fingerprint density at radius 1 is 1.31 bits per heavy atom. The SMILES string of the molecule is Cc1cc2nnccc2cc1Nc1ncc2c(n1)n([C@H]1CCCOC1)c(=O)n2C. The first-order valence-electron chi connectivity index (χ1n) is 9.62. The Labute approximate surface area is 166 Å². The van der Waals surface area contributed by atoms with E-state index in [9.17, 15) is 4.79 Å². The first-order chi connectivity index (χ1) is 14.1. The lowest BCUT2D eigenvalue weighted by atomic mass is 10.1. The maximum Gasteiger partial charge on any atom is 0.330 e. The number of aromatic nitrogens is 6. The van der Waals surface area contributed by atoms with Gasteiger partial charge in [-0.1, -0.05) is 0 Å². The summed E-state index contributed by atoms with van der Waals surface area (Å²) in [5.74, 6) is 0.443. The van der Waals surface area contributed by atoms with Crippen LogP contribution in [-0.2, 0) is 11.8 Å². The second-order valence-electron chi connectivity index (χ2n) is 7.37. The first-order valence-corrected chi connectivity index (χ1v) is 9.62. The van der Waals surface area contributed by atoms with Crippen molar-refractivity contribution < 1.29 is 4.74 Å². The van der Waals surface area contributed by atoms with Crippen molar-refractivity contribution in [2.24, 2.45) is 7.05 Å². The van der Waals surface area contributed by atoms with Gasteiger partial charge in [0, 0.05) is 24.7 Å². The molecule has 29 heavy (non-hydrogen) atoms. The molecule has 148 valence electrons. The summed E-state index contributed by atoms with van der Waals surface area (Å²) in [6.45, 7) is 3.26. The lowest BCUT2D eigenvalue weighted by Crippen LogP contribution is -2.31. The molecule has 3 aromatic heterocycles. The van der Waals surface area contributed by atoms with E-state index >= 15 is 0 Å². The van der Waals surface area contributed by atoms with Gasteiger partial charge in [0.1, 0.15) is 5.52 Å². The number of benzene rings is 1. The van der Waals surface area contributed by atoms with E-state index in [2.05, 4.69) is 25.5 Å². The zero-order valence-electron chi connectivity index (χ0n) is 16.3. The molecule has 1 saturated heterocycles. The molecule has 0 radical (unpaired) electrons. The van der Waals surface area contributed by atoms with E-state index in [1.165, 1.54) is 0 Å². The molecule has 1 aliphatic heterocycles. The van der Waals surface area contributed by atoms with Crippen LogP contribution < -0.4 is 11.0 Å². The molecule has 0 spiro atoms. The Morgan fingerprint density at radius 3 is 3.03 bits per heavy atom. The van der Waals surface area contributed by atoms with Crippen molar-refractivity contribution in [2.75, 3.05) is 18.5 Å². The van der Waals surface area contributed by atoms with E-state index in [1.807, 2.05) is 25.1 Å². The summed E-state index contributed by atoms with van der Waals surface area (Å²) >= 11 is 0. The Morgan fingerprint density at radius 2 is 2.21 bits per heavy atom. The molecule has 9 nitrogen and oxygen atoms in total. The van der Waals surface area contributed by atoms with E-state index in [0.717, 1.165) is 41.6 Å². The van der Waals surface area contributed by atoms with Crippen molar-refractivity contribution in [2.45, 2.75) is 25.8 Å². The lowest BCUT2D eigenvalue weighted by Gasteiger charge is -2.22. The summed E-state index contributed by atoms with van der Waals surface area (Å²) in [5, 5.41) is 12.3. The minimum absolute atomic E-state index is 0.0105. The Bertz CT molecular complexity index is 1270. The van der Waals surface area contributed by atoms with E-state index < -0.39 is 0 Å². The van der Waals surface area contributed by atoms with Crippen LogP contribution in [-0.4, -0.2) is 42.5 Å². The first kappa shape index (κ1) is 17.7. The van der Waals surface area contributed by atoms with Crippen molar-refractivity contribution in [1.82, 2.24) is 29.3 Å². The van der Waals surface area contributed by atoms with Crippen LogP contribution in [0, 0.1) is 6.92 Å². The Hall–Kier alpha value is -3.33. The highest BCUT2D eigenvalue weighted by Crippen LogP contribution is 2.26. The average Bonchev–Trinajstić information content (AvgIpc) is 2.99. The predicted molar refractivity (Wildman–Crippen MR) is 109 cm³/mol. The van der Waals surface area contributed by atoms with E-state index in [-0.39, 0.29) is 11.7 Å². The fourth-order valence-corrected chi connectivity index (χ4v) is 3.85. The molecular weight excluding hydrogens is 370 g/mol. The van der Waals surface area contributed by atoms with Gasteiger partial charge < -0.3 is 10.1 Å². The maximum absolute atomic E-state index is 12.8. The lowest BCUT2D eigenvalue weighted by molar-refractivity contribution is 0.0591. The van der Waals surface area contributed by atoms with E-state index in [1.54, 1.807) is 28.6 Å². The molecule has 0 amide bonds. The number of hydrogen-bond acceptors (Lipinski definition) is 7. The third kappa shape index (κ3) is 3.03. The summed E-state index contributed by atoms with van der Waals surface area (Å²) < 4.78 is 8.92. The van der Waals surface area contributed by atoms with E-state index in [4.69, 9.17) is 4.74 Å². The van der Waals surface area contributed by atoms with Gasteiger partial charge >= 0.3 is 5.69 Å². The zero-order valence-corrected chi connectivity index (χ0v) is 16.3. The van der Waals surface area contributed by atoms with Crippen LogP contribution in [0.25, 0.3) is 22.1 Å². The van der Waals surface area contributed by atoms with Crippen LogP contribution in [0.4, 0.5) is 11.6 Å². The summed E-state index contributed by atoms with van der Waals surface area (Å²) in [6.07, 6.45) is 5.19. The van der Waals surface area contributed by atoms with Crippen LogP contribution in [0.15, 0.2) is 35.4 Å². The molecule has 4 heterocycles. The van der Waals surface area contributed by atoms with Crippen LogP contribution in [0.3, 0.4) is 0 Å². The molecule has 1 aromatic carbocycles. The van der Waals surface area contributed by atoms with Gasteiger partial charge in [-0.15, -0.1) is 0 Å². The zero-order chi connectivity index (χ0) is 20.0. The van der Waals surface area contributed by atoms with Crippen molar-refractivity contribution in [3.8, 4) is 0 Å². The fourth-order valence-electron chi connectivity index (χ4n) is 3.85. The molecule has 1 aliphatic rings. The van der Waals surface area contributed by atoms with Gasteiger partial charge in [0.2, 0.25) is 5.95 Å². The number of imidazole rings is 1. The third-order valence-electron chi connectivity index (χ3n) is 5.44. The highest BCUT2D eigenvalue weighted by atomic mass is 16.5. The molecule has 0 unspecified atom stereocenters. The molecular formula is C20H21N7O2. The maximum atomic E-state index is 12.8. The van der Waals surface area contributed by atoms with Gasteiger partial charge in [0.15, 0.2) is 5.65 Å². The monoisotopic (exact) mass is 391 g/mol. The fraction of sp³-hybridized carbons (Fsp3) is 0.350. The normalized spacial score (nSPS) is 17.1. The quantitative estimate of drug-likeness (QED) is 0.573. The largest absolute Gasteiger partial charge is 0.379 e. The molecule has 0 aliphatic carbocycles. The van der Waals surface area contributed by atoms with Crippen LogP contribution in [0.5, 0.6) is 0 Å². The van der Waals surface area contributed by atoms with Crippen molar-refractivity contribution in [3.63, 3.8) is 0 Å². The molecule has 1 atom stereocenters. The molecule has 5 rings (SSSR count). The number of ether oxygens (including phenoxy) is 1. The number of nitrogens with one attached hydrogen (secondary N) is 1. The summed E-state index contributed by atoms with van der Waals surface area (Å²) in [6, 6.07) is 5.87.